The lowest BCUT2D eigenvalue weighted by Crippen LogP contribution is -2.35. The van der Waals surface area contributed by atoms with E-state index in [9.17, 15) is 5.11 Å². The van der Waals surface area contributed by atoms with Crippen LogP contribution in [0.2, 0.25) is 0 Å². The molecule has 1 aliphatic rings. The van der Waals surface area contributed by atoms with Gasteiger partial charge in [-0.25, -0.2) is 0 Å². The first kappa shape index (κ1) is 6.58. The summed E-state index contributed by atoms with van der Waals surface area (Å²) in [4.78, 5) is 0. The molecule has 3 heteroatoms. The molecule has 1 rings (SSSR count). The van der Waals surface area contributed by atoms with E-state index in [4.69, 9.17) is 0 Å². The van der Waals surface area contributed by atoms with Crippen molar-refractivity contribution in [1.29, 1.82) is 0 Å². The highest BCUT2D eigenvalue weighted by Crippen LogP contribution is 2.15. The molecule has 9 heavy (non-hydrogen) atoms. The van der Waals surface area contributed by atoms with Gasteiger partial charge in [0.2, 0.25) is 0 Å². The molecular formula is C6H12N2O. The molecule has 0 radical (unpaired) electrons. The van der Waals surface area contributed by atoms with E-state index in [1.54, 1.807) is 5.01 Å². The average Bonchev–Trinajstić information content (AvgIpc) is 1.98. The molecule has 0 aromatic rings. The van der Waals surface area contributed by atoms with Crippen molar-refractivity contribution >= 4 is 0 Å². The van der Waals surface area contributed by atoms with Gasteiger partial charge in [-0.15, -0.1) is 0 Å². The zero-order chi connectivity index (χ0) is 7.02. The maximum atomic E-state index is 9.25. The molecule has 0 spiro atoms. The van der Waals surface area contributed by atoms with Crippen molar-refractivity contribution in [2.24, 2.45) is 0 Å². The molecule has 3 nitrogen and oxygen atoms in total. The molecule has 0 aliphatic carbocycles. The highest BCUT2D eigenvalue weighted by molar-refractivity contribution is 5.06. The van der Waals surface area contributed by atoms with E-state index in [1.165, 1.54) is 0 Å². The van der Waals surface area contributed by atoms with Crippen LogP contribution in [0.15, 0.2) is 11.8 Å². The van der Waals surface area contributed by atoms with Crippen LogP contribution >= 0.6 is 0 Å². The smallest absolute Gasteiger partial charge is 0.147 e. The summed E-state index contributed by atoms with van der Waals surface area (Å²) < 4.78 is 0. The van der Waals surface area contributed by atoms with Gasteiger partial charge in [0.1, 0.15) is 6.23 Å². The van der Waals surface area contributed by atoms with Gasteiger partial charge in [-0.3, -0.25) is 0 Å². The third-order valence-corrected chi connectivity index (χ3v) is 1.65. The quantitative estimate of drug-likeness (QED) is 0.497. The summed E-state index contributed by atoms with van der Waals surface area (Å²) in [6, 6.07) is 0. The molecule has 0 amide bonds. The van der Waals surface area contributed by atoms with Gasteiger partial charge < -0.3 is 10.1 Å². The SMILES string of the molecule is CC1=CN(C)N(C)C1O. The number of hydrogen-bond acceptors (Lipinski definition) is 3. The van der Waals surface area contributed by atoms with Crippen LogP contribution in [0.3, 0.4) is 0 Å². The number of aliphatic hydroxyl groups is 1. The van der Waals surface area contributed by atoms with Crippen molar-refractivity contribution in [3.8, 4) is 0 Å². The fraction of sp³-hybridized carbons (Fsp3) is 0.667. The van der Waals surface area contributed by atoms with Gasteiger partial charge >= 0.3 is 0 Å². The Morgan fingerprint density at radius 2 is 2.11 bits per heavy atom. The van der Waals surface area contributed by atoms with E-state index in [0.29, 0.717) is 0 Å². The van der Waals surface area contributed by atoms with E-state index in [-0.39, 0.29) is 0 Å². The summed E-state index contributed by atoms with van der Waals surface area (Å²) in [6.45, 7) is 1.91. The van der Waals surface area contributed by atoms with Crippen molar-refractivity contribution < 1.29 is 5.11 Å². The van der Waals surface area contributed by atoms with E-state index >= 15 is 0 Å². The Bertz CT molecular complexity index is 144. The number of likely N-dealkylation sites (N-methyl/N-ethyl adjacent to an activating group) is 1. The van der Waals surface area contributed by atoms with Gasteiger partial charge in [-0.2, -0.15) is 5.01 Å². The third kappa shape index (κ3) is 0.930. The van der Waals surface area contributed by atoms with Crippen molar-refractivity contribution in [1.82, 2.24) is 10.0 Å². The minimum absolute atomic E-state index is 0.421. The number of aliphatic hydroxyl groups excluding tert-OH is 1. The third-order valence-electron chi connectivity index (χ3n) is 1.65. The maximum Gasteiger partial charge on any atom is 0.147 e. The second-order valence-electron chi connectivity index (χ2n) is 2.39. The molecule has 1 aliphatic heterocycles. The Morgan fingerprint density at radius 3 is 2.22 bits per heavy atom. The van der Waals surface area contributed by atoms with Gasteiger partial charge in [-0.1, -0.05) is 0 Å². The second-order valence-corrected chi connectivity index (χ2v) is 2.39. The zero-order valence-electron chi connectivity index (χ0n) is 6.00. The fourth-order valence-corrected chi connectivity index (χ4v) is 0.920. The molecule has 0 aromatic heterocycles. The van der Waals surface area contributed by atoms with Gasteiger partial charge in [-0.05, 0) is 12.5 Å². The summed E-state index contributed by atoms with van der Waals surface area (Å²) in [5.41, 5.74) is 0.986. The second kappa shape index (κ2) is 2.01. The van der Waals surface area contributed by atoms with Crippen LogP contribution in [0.25, 0.3) is 0 Å². The fourth-order valence-electron chi connectivity index (χ4n) is 0.920. The van der Waals surface area contributed by atoms with Crippen LogP contribution in [0.5, 0.6) is 0 Å². The number of nitrogens with zero attached hydrogens (tertiary/aromatic N) is 2. The number of rotatable bonds is 0. The van der Waals surface area contributed by atoms with Gasteiger partial charge in [0, 0.05) is 20.3 Å². The Hall–Kier alpha value is -0.540. The van der Waals surface area contributed by atoms with Crippen molar-refractivity contribution in [2.45, 2.75) is 13.2 Å². The molecular weight excluding hydrogens is 116 g/mol. The topological polar surface area (TPSA) is 26.7 Å². The summed E-state index contributed by atoms with van der Waals surface area (Å²) in [7, 11) is 3.75. The van der Waals surface area contributed by atoms with E-state index in [2.05, 4.69) is 0 Å². The van der Waals surface area contributed by atoms with Gasteiger partial charge in [0.05, 0.1) is 0 Å². The van der Waals surface area contributed by atoms with E-state index < -0.39 is 6.23 Å². The van der Waals surface area contributed by atoms with Crippen LogP contribution < -0.4 is 0 Å². The number of hydrazine groups is 1. The molecule has 0 bridgehead atoms. The molecule has 1 N–H and O–H groups in total. The van der Waals surface area contributed by atoms with Crippen molar-refractivity contribution in [2.75, 3.05) is 14.1 Å². The zero-order valence-corrected chi connectivity index (χ0v) is 6.00. The van der Waals surface area contributed by atoms with Crippen LogP contribution in [0.1, 0.15) is 6.92 Å². The van der Waals surface area contributed by atoms with Gasteiger partial charge in [0.15, 0.2) is 0 Å². The average molecular weight is 128 g/mol. The largest absolute Gasteiger partial charge is 0.373 e. The van der Waals surface area contributed by atoms with Crippen molar-refractivity contribution in [3.63, 3.8) is 0 Å². The normalized spacial score (nSPS) is 29.1. The van der Waals surface area contributed by atoms with E-state index in [1.807, 2.05) is 32.2 Å². The molecule has 1 atom stereocenters. The molecule has 0 saturated heterocycles. The molecule has 1 heterocycles. The molecule has 0 aromatic carbocycles. The Labute approximate surface area is 55.2 Å². The molecule has 52 valence electrons. The minimum atomic E-state index is -0.421. The molecule has 0 saturated carbocycles. The van der Waals surface area contributed by atoms with Crippen LogP contribution in [0.4, 0.5) is 0 Å². The maximum absolute atomic E-state index is 9.25. The Kier molecular flexibility index (Phi) is 1.47. The lowest BCUT2D eigenvalue weighted by atomic mass is 10.3. The first-order chi connectivity index (χ1) is 4.13. The van der Waals surface area contributed by atoms with E-state index in [0.717, 1.165) is 5.57 Å². The highest BCUT2D eigenvalue weighted by atomic mass is 16.3. The Balaban J connectivity index is 2.70. The van der Waals surface area contributed by atoms with Gasteiger partial charge in [0.25, 0.3) is 0 Å². The molecule has 1 unspecified atom stereocenters. The summed E-state index contributed by atoms with van der Waals surface area (Å²) in [5, 5.41) is 12.9. The minimum Gasteiger partial charge on any atom is -0.373 e. The standard InChI is InChI=1S/C6H12N2O/c1-5-4-7(2)8(3)6(5)9/h4,6,9H,1-3H3. The summed E-state index contributed by atoms with van der Waals surface area (Å²) >= 11 is 0. The predicted molar refractivity (Wildman–Crippen MR) is 35.3 cm³/mol. The van der Waals surface area contributed by atoms with Crippen molar-refractivity contribution in [3.05, 3.63) is 11.8 Å². The Morgan fingerprint density at radius 1 is 1.56 bits per heavy atom. The van der Waals surface area contributed by atoms with Crippen LogP contribution in [-0.4, -0.2) is 35.4 Å². The summed E-state index contributed by atoms with van der Waals surface area (Å²) in [6.07, 6.45) is 1.49. The molecule has 0 fully saturated rings. The van der Waals surface area contributed by atoms with Crippen LogP contribution in [0, 0.1) is 0 Å². The lowest BCUT2D eigenvalue weighted by molar-refractivity contribution is -0.0374. The monoisotopic (exact) mass is 128 g/mol. The highest BCUT2D eigenvalue weighted by Gasteiger charge is 2.21. The first-order valence-corrected chi connectivity index (χ1v) is 2.95. The predicted octanol–water partition coefficient (Wildman–Crippen LogP) is 0.000800. The first-order valence-electron chi connectivity index (χ1n) is 2.95. The van der Waals surface area contributed by atoms with Crippen LogP contribution in [-0.2, 0) is 0 Å². The number of hydrogen-bond donors (Lipinski definition) is 1. The summed E-state index contributed by atoms with van der Waals surface area (Å²) in [5.74, 6) is 0. The lowest BCUT2D eigenvalue weighted by Gasteiger charge is -2.23.